The van der Waals surface area contributed by atoms with Gasteiger partial charge in [-0.3, -0.25) is 9.59 Å². The van der Waals surface area contributed by atoms with Crippen LogP contribution in [0.3, 0.4) is 0 Å². The van der Waals surface area contributed by atoms with Gasteiger partial charge in [0.05, 0.1) is 24.5 Å². The minimum absolute atomic E-state index is 0.0630. The highest BCUT2D eigenvalue weighted by molar-refractivity contribution is 5.96. The Morgan fingerprint density at radius 3 is 2.52 bits per heavy atom. The van der Waals surface area contributed by atoms with E-state index in [4.69, 9.17) is 9.47 Å². The van der Waals surface area contributed by atoms with Gasteiger partial charge in [0.1, 0.15) is 11.5 Å². The molecule has 7 heteroatoms. The molecule has 4 rings (SSSR count). The van der Waals surface area contributed by atoms with Crippen LogP contribution in [0.1, 0.15) is 0 Å². The number of rotatable bonds is 6. The zero-order chi connectivity index (χ0) is 21.6. The number of ether oxygens (including phenoxy) is 2. The Labute approximate surface area is 180 Å². The molecule has 2 N–H and O–H groups in total. The molecule has 3 aromatic carbocycles. The first-order valence-corrected chi connectivity index (χ1v) is 9.98. The first-order valence-electron chi connectivity index (χ1n) is 9.98. The number of anilines is 2. The molecule has 1 aliphatic heterocycles. The summed E-state index contributed by atoms with van der Waals surface area (Å²) in [6.45, 7) is 0.333. The highest BCUT2D eigenvalue weighted by Gasteiger charge is 2.31. The number of hydrogen-bond donors (Lipinski definition) is 2. The van der Waals surface area contributed by atoms with E-state index in [9.17, 15) is 9.59 Å². The molecule has 0 saturated carbocycles. The Morgan fingerprint density at radius 1 is 1.00 bits per heavy atom. The van der Waals surface area contributed by atoms with Crippen molar-refractivity contribution < 1.29 is 19.1 Å². The molecule has 0 radical (unpaired) electrons. The first kappa shape index (κ1) is 20.3. The number of likely N-dealkylation sites (N-methyl/N-ethyl adjacent to an activating group) is 1. The van der Waals surface area contributed by atoms with Gasteiger partial charge in [-0.05, 0) is 36.4 Å². The Balaban J connectivity index is 1.49. The van der Waals surface area contributed by atoms with E-state index in [1.807, 2.05) is 65.6 Å². The predicted molar refractivity (Wildman–Crippen MR) is 119 cm³/mol. The summed E-state index contributed by atoms with van der Waals surface area (Å²) in [5.41, 5.74) is 1.34. The van der Waals surface area contributed by atoms with Crippen LogP contribution in [-0.2, 0) is 9.59 Å². The van der Waals surface area contributed by atoms with Gasteiger partial charge in [-0.15, -0.1) is 0 Å². The second kappa shape index (κ2) is 9.21. The molecule has 3 aromatic rings. The SMILES string of the molecule is CNC(=O)[C@H]1CN(CC(=O)Nc2ccccc2Oc2ccccc2)c2ccccc2O1. The molecule has 1 atom stereocenters. The molecule has 0 unspecified atom stereocenters. The van der Waals surface area contributed by atoms with Crippen LogP contribution < -0.4 is 25.0 Å². The van der Waals surface area contributed by atoms with E-state index >= 15 is 0 Å². The van der Waals surface area contributed by atoms with Gasteiger partial charge in [0.2, 0.25) is 5.91 Å². The largest absolute Gasteiger partial charge is 0.477 e. The van der Waals surface area contributed by atoms with Gasteiger partial charge in [-0.2, -0.15) is 0 Å². The summed E-state index contributed by atoms with van der Waals surface area (Å²) in [6, 6.07) is 24.0. The fraction of sp³-hybridized carbons (Fsp3) is 0.167. The minimum atomic E-state index is -0.693. The molecule has 2 amide bonds. The van der Waals surface area contributed by atoms with Crippen molar-refractivity contribution in [2.75, 3.05) is 30.4 Å². The van der Waals surface area contributed by atoms with Gasteiger partial charge in [0.25, 0.3) is 5.91 Å². The number of nitrogens with one attached hydrogen (secondary N) is 2. The molecular weight excluding hydrogens is 394 g/mol. The Kier molecular flexibility index (Phi) is 6.03. The lowest BCUT2D eigenvalue weighted by atomic mass is 10.1. The zero-order valence-corrected chi connectivity index (χ0v) is 17.1. The number of carbonyl (C=O) groups excluding carboxylic acids is 2. The third kappa shape index (κ3) is 4.78. The highest BCUT2D eigenvalue weighted by Crippen LogP contribution is 2.33. The fourth-order valence-corrected chi connectivity index (χ4v) is 3.39. The van der Waals surface area contributed by atoms with E-state index < -0.39 is 6.10 Å². The van der Waals surface area contributed by atoms with E-state index in [0.29, 0.717) is 22.9 Å². The standard InChI is InChI=1S/C24H23N3O4/c1-25-24(29)22-15-27(19-12-6-8-14-21(19)31-22)16-23(28)26-18-11-5-7-13-20(18)30-17-9-3-2-4-10-17/h2-14,22H,15-16H2,1H3,(H,25,29)(H,26,28)/t22-/m1/s1. The summed E-state index contributed by atoms with van der Waals surface area (Å²) < 4.78 is 11.7. The van der Waals surface area contributed by atoms with Crippen molar-refractivity contribution in [1.29, 1.82) is 0 Å². The van der Waals surface area contributed by atoms with Gasteiger partial charge in [-0.1, -0.05) is 42.5 Å². The normalized spacial score (nSPS) is 14.7. The summed E-state index contributed by atoms with van der Waals surface area (Å²) in [5.74, 6) is 1.34. The molecule has 1 heterocycles. The third-order valence-electron chi connectivity index (χ3n) is 4.87. The molecule has 31 heavy (non-hydrogen) atoms. The summed E-state index contributed by atoms with van der Waals surface area (Å²) in [7, 11) is 1.56. The predicted octanol–water partition coefficient (Wildman–Crippen LogP) is 3.43. The second-order valence-electron chi connectivity index (χ2n) is 7.03. The molecule has 158 valence electrons. The second-order valence-corrected chi connectivity index (χ2v) is 7.03. The van der Waals surface area contributed by atoms with Crippen molar-refractivity contribution in [1.82, 2.24) is 5.32 Å². The number of para-hydroxylation sites is 5. The van der Waals surface area contributed by atoms with Crippen LogP contribution in [0.25, 0.3) is 0 Å². The molecule has 1 aliphatic rings. The fourth-order valence-electron chi connectivity index (χ4n) is 3.39. The smallest absolute Gasteiger partial charge is 0.262 e. The van der Waals surface area contributed by atoms with Crippen molar-refractivity contribution in [3.05, 3.63) is 78.9 Å². The number of carbonyl (C=O) groups is 2. The van der Waals surface area contributed by atoms with Crippen LogP contribution >= 0.6 is 0 Å². The summed E-state index contributed by atoms with van der Waals surface area (Å²) in [5, 5.41) is 5.52. The van der Waals surface area contributed by atoms with E-state index in [-0.39, 0.29) is 24.9 Å². The first-order chi connectivity index (χ1) is 15.1. The quantitative estimate of drug-likeness (QED) is 0.642. The van der Waals surface area contributed by atoms with Crippen LogP contribution in [0.15, 0.2) is 78.9 Å². The Morgan fingerprint density at radius 2 is 1.71 bits per heavy atom. The number of hydrogen-bond acceptors (Lipinski definition) is 5. The zero-order valence-electron chi connectivity index (χ0n) is 17.1. The van der Waals surface area contributed by atoms with Crippen molar-refractivity contribution >= 4 is 23.2 Å². The molecule has 0 aliphatic carbocycles. The molecule has 0 fully saturated rings. The molecule has 7 nitrogen and oxygen atoms in total. The van der Waals surface area contributed by atoms with Crippen LogP contribution in [0.4, 0.5) is 11.4 Å². The van der Waals surface area contributed by atoms with Crippen LogP contribution in [0, 0.1) is 0 Å². The van der Waals surface area contributed by atoms with Gasteiger partial charge < -0.3 is 25.0 Å². The van der Waals surface area contributed by atoms with Crippen molar-refractivity contribution in [2.45, 2.75) is 6.10 Å². The van der Waals surface area contributed by atoms with Crippen molar-refractivity contribution in [3.8, 4) is 17.2 Å². The minimum Gasteiger partial charge on any atom is -0.477 e. The average Bonchev–Trinajstić information content (AvgIpc) is 2.80. The Hall–Kier alpha value is -4.00. The van der Waals surface area contributed by atoms with Crippen molar-refractivity contribution in [3.63, 3.8) is 0 Å². The molecule has 0 aromatic heterocycles. The van der Waals surface area contributed by atoms with Crippen LogP contribution in [-0.4, -0.2) is 38.1 Å². The lowest BCUT2D eigenvalue weighted by molar-refractivity contribution is -0.127. The molecular formula is C24H23N3O4. The number of amides is 2. The van der Waals surface area contributed by atoms with Gasteiger partial charge in [-0.25, -0.2) is 0 Å². The third-order valence-corrected chi connectivity index (χ3v) is 4.87. The number of fused-ring (bicyclic) bond motifs is 1. The maximum Gasteiger partial charge on any atom is 0.262 e. The molecule has 0 saturated heterocycles. The lowest BCUT2D eigenvalue weighted by Crippen LogP contribution is -2.50. The van der Waals surface area contributed by atoms with Crippen LogP contribution in [0.5, 0.6) is 17.2 Å². The van der Waals surface area contributed by atoms with Gasteiger partial charge in [0, 0.05) is 7.05 Å². The average molecular weight is 417 g/mol. The van der Waals surface area contributed by atoms with E-state index in [1.54, 1.807) is 25.2 Å². The lowest BCUT2D eigenvalue weighted by Gasteiger charge is -2.35. The van der Waals surface area contributed by atoms with E-state index in [0.717, 1.165) is 5.69 Å². The topological polar surface area (TPSA) is 79.9 Å². The molecule has 0 spiro atoms. The summed E-state index contributed by atoms with van der Waals surface area (Å²) in [4.78, 5) is 26.9. The van der Waals surface area contributed by atoms with Gasteiger partial charge in [0.15, 0.2) is 11.9 Å². The van der Waals surface area contributed by atoms with E-state index in [1.165, 1.54) is 0 Å². The van der Waals surface area contributed by atoms with E-state index in [2.05, 4.69) is 10.6 Å². The molecule has 0 bridgehead atoms. The summed E-state index contributed by atoms with van der Waals surface area (Å²) in [6.07, 6.45) is -0.693. The maximum atomic E-state index is 12.9. The highest BCUT2D eigenvalue weighted by atomic mass is 16.5. The summed E-state index contributed by atoms with van der Waals surface area (Å²) >= 11 is 0. The van der Waals surface area contributed by atoms with Crippen molar-refractivity contribution in [2.24, 2.45) is 0 Å². The van der Waals surface area contributed by atoms with Gasteiger partial charge >= 0.3 is 0 Å². The Bertz CT molecular complexity index is 1070. The number of benzene rings is 3. The maximum absolute atomic E-state index is 12.9. The van der Waals surface area contributed by atoms with Crippen LogP contribution in [0.2, 0.25) is 0 Å². The monoisotopic (exact) mass is 417 g/mol. The number of nitrogens with zero attached hydrogens (tertiary/aromatic N) is 1.